The molecule has 0 bridgehead atoms. The van der Waals surface area contributed by atoms with Gasteiger partial charge in [-0.3, -0.25) is 19.2 Å². The number of amides is 4. The summed E-state index contributed by atoms with van der Waals surface area (Å²) in [7, 11) is 0. The number of benzene rings is 1. The van der Waals surface area contributed by atoms with E-state index in [0.29, 0.717) is 43.7 Å². The molecule has 0 spiro atoms. The molecule has 0 radical (unpaired) electrons. The largest absolute Gasteiger partial charge is 0.348 e. The molecule has 0 unspecified atom stereocenters. The number of rotatable bonds is 5. The van der Waals surface area contributed by atoms with E-state index >= 15 is 0 Å². The van der Waals surface area contributed by atoms with Gasteiger partial charge in [0, 0.05) is 44.5 Å². The van der Waals surface area contributed by atoms with Crippen LogP contribution in [0.15, 0.2) is 35.5 Å². The molecule has 4 amide bonds. The first-order chi connectivity index (χ1) is 17.9. The molecule has 1 saturated heterocycles. The molecule has 3 aliphatic rings. The van der Waals surface area contributed by atoms with Gasteiger partial charge in [0.2, 0.25) is 5.91 Å². The smallest absolute Gasteiger partial charge is 0.313 e. The van der Waals surface area contributed by atoms with Gasteiger partial charge in [-0.1, -0.05) is 0 Å². The van der Waals surface area contributed by atoms with E-state index in [1.165, 1.54) is 11.8 Å². The number of hydrogen-bond acceptors (Lipinski definition) is 6. The summed E-state index contributed by atoms with van der Waals surface area (Å²) in [4.78, 5) is 58.2. The number of carbonyl (C=O) groups excluding carboxylic acids is 4. The third-order valence-electron chi connectivity index (χ3n) is 7.39. The van der Waals surface area contributed by atoms with Gasteiger partial charge in [0.05, 0.1) is 11.3 Å². The normalized spacial score (nSPS) is 17.3. The molecule has 194 valence electrons. The van der Waals surface area contributed by atoms with Crippen LogP contribution >= 0.6 is 11.8 Å². The maximum absolute atomic E-state index is 12.9. The van der Waals surface area contributed by atoms with Crippen LogP contribution in [0.5, 0.6) is 0 Å². The summed E-state index contributed by atoms with van der Waals surface area (Å²) in [6, 6.07) is 7.34. The minimum absolute atomic E-state index is 0.0177. The Labute approximate surface area is 220 Å². The lowest BCUT2D eigenvalue weighted by molar-refractivity contribution is -0.136. The van der Waals surface area contributed by atoms with Gasteiger partial charge < -0.3 is 20.4 Å². The Kier molecular flexibility index (Phi) is 7.45. The van der Waals surface area contributed by atoms with E-state index in [2.05, 4.69) is 15.6 Å². The fraction of sp³-hybridized carbons (Fsp3) is 0.444. The number of thioether (sulfide) groups is 1. The van der Waals surface area contributed by atoms with Crippen molar-refractivity contribution >= 4 is 46.8 Å². The molecule has 37 heavy (non-hydrogen) atoms. The van der Waals surface area contributed by atoms with Crippen molar-refractivity contribution in [3.05, 3.63) is 47.2 Å². The van der Waals surface area contributed by atoms with E-state index in [4.69, 9.17) is 0 Å². The zero-order chi connectivity index (χ0) is 25.9. The molecule has 1 aromatic heterocycles. The zero-order valence-corrected chi connectivity index (χ0v) is 21.7. The average molecular weight is 522 g/mol. The maximum atomic E-state index is 12.9. The summed E-state index contributed by atoms with van der Waals surface area (Å²) in [6.07, 6.45) is 7.96. The zero-order valence-electron chi connectivity index (χ0n) is 20.9. The summed E-state index contributed by atoms with van der Waals surface area (Å²) in [6.45, 7) is 2.34. The first kappa shape index (κ1) is 25.3. The summed E-state index contributed by atoms with van der Waals surface area (Å²) in [5, 5.41) is 6.22. The number of aryl methyl sites for hydroxylation is 2. The van der Waals surface area contributed by atoms with Crippen LogP contribution in [0, 0.1) is 5.92 Å². The Bertz CT molecular complexity index is 1220. The lowest BCUT2D eigenvalue weighted by Crippen LogP contribution is -2.43. The second-order valence-electron chi connectivity index (χ2n) is 9.75. The van der Waals surface area contributed by atoms with Crippen molar-refractivity contribution < 1.29 is 19.2 Å². The SMILES string of the molecule is CSc1ncccc1C(=O)N1CCC(CNC(=O)C(=O)Nc2cc3c4c(c2)CCC(=O)N4CCC3)CC1. The van der Waals surface area contributed by atoms with Gasteiger partial charge in [0.15, 0.2) is 0 Å². The highest BCUT2D eigenvalue weighted by atomic mass is 32.2. The Morgan fingerprint density at radius 1 is 1.05 bits per heavy atom. The number of piperidine rings is 1. The van der Waals surface area contributed by atoms with E-state index < -0.39 is 11.8 Å². The number of likely N-dealkylation sites (tertiary alicyclic amines) is 1. The monoisotopic (exact) mass is 521 g/mol. The maximum Gasteiger partial charge on any atom is 0.313 e. The van der Waals surface area contributed by atoms with Crippen LogP contribution in [0.3, 0.4) is 0 Å². The van der Waals surface area contributed by atoms with Crippen LogP contribution in [0.4, 0.5) is 11.4 Å². The fourth-order valence-electron chi connectivity index (χ4n) is 5.46. The lowest BCUT2D eigenvalue weighted by atomic mass is 9.91. The highest BCUT2D eigenvalue weighted by Gasteiger charge is 2.30. The quantitative estimate of drug-likeness (QED) is 0.462. The molecular formula is C27H31N5O4S. The molecule has 0 atom stereocenters. The van der Waals surface area contributed by atoms with Crippen LogP contribution in [-0.2, 0) is 27.2 Å². The molecule has 3 aliphatic heterocycles. The summed E-state index contributed by atoms with van der Waals surface area (Å²) in [5.41, 5.74) is 4.29. The molecule has 2 N–H and O–H groups in total. The predicted molar refractivity (Wildman–Crippen MR) is 142 cm³/mol. The summed E-state index contributed by atoms with van der Waals surface area (Å²) < 4.78 is 0. The number of anilines is 2. The van der Waals surface area contributed by atoms with Crippen molar-refractivity contribution in [2.24, 2.45) is 5.92 Å². The van der Waals surface area contributed by atoms with E-state index in [0.717, 1.165) is 54.1 Å². The van der Waals surface area contributed by atoms with Crippen molar-refractivity contribution in [2.45, 2.75) is 43.6 Å². The molecular weight excluding hydrogens is 490 g/mol. The first-order valence-corrected chi connectivity index (χ1v) is 14.0. The Balaban J connectivity index is 1.12. The molecule has 1 fully saturated rings. The Hall–Kier alpha value is -3.40. The highest BCUT2D eigenvalue weighted by Crippen LogP contribution is 2.37. The van der Waals surface area contributed by atoms with Crippen molar-refractivity contribution in [3.8, 4) is 0 Å². The van der Waals surface area contributed by atoms with Gasteiger partial charge >= 0.3 is 11.8 Å². The van der Waals surface area contributed by atoms with Crippen LogP contribution in [0.1, 0.15) is 47.2 Å². The molecule has 4 heterocycles. The minimum Gasteiger partial charge on any atom is -0.348 e. The third kappa shape index (κ3) is 5.34. The van der Waals surface area contributed by atoms with E-state index in [1.807, 2.05) is 28.2 Å². The fourth-order valence-corrected chi connectivity index (χ4v) is 6.00. The number of nitrogens with zero attached hydrogens (tertiary/aromatic N) is 3. The van der Waals surface area contributed by atoms with Gasteiger partial charge in [-0.2, -0.15) is 0 Å². The third-order valence-corrected chi connectivity index (χ3v) is 8.10. The summed E-state index contributed by atoms with van der Waals surface area (Å²) >= 11 is 1.45. The molecule has 0 aliphatic carbocycles. The van der Waals surface area contributed by atoms with Crippen molar-refractivity contribution in [3.63, 3.8) is 0 Å². The predicted octanol–water partition coefficient (Wildman–Crippen LogP) is 2.64. The average Bonchev–Trinajstić information content (AvgIpc) is 2.93. The molecule has 10 heteroatoms. The van der Waals surface area contributed by atoms with Gasteiger partial charge in [-0.25, -0.2) is 4.98 Å². The second-order valence-corrected chi connectivity index (χ2v) is 10.5. The van der Waals surface area contributed by atoms with Crippen molar-refractivity contribution in [1.29, 1.82) is 0 Å². The Morgan fingerprint density at radius 3 is 2.57 bits per heavy atom. The van der Waals surface area contributed by atoms with Crippen molar-refractivity contribution in [2.75, 3.05) is 42.7 Å². The second kappa shape index (κ2) is 10.9. The number of aromatic nitrogens is 1. The van der Waals surface area contributed by atoms with E-state index in [9.17, 15) is 19.2 Å². The van der Waals surface area contributed by atoms with Gasteiger partial charge in [0.25, 0.3) is 5.91 Å². The molecule has 9 nitrogen and oxygen atoms in total. The number of pyridine rings is 1. The van der Waals surface area contributed by atoms with Gasteiger partial charge in [0.1, 0.15) is 5.03 Å². The van der Waals surface area contributed by atoms with Gasteiger partial charge in [-0.15, -0.1) is 11.8 Å². The number of nitrogens with one attached hydrogen (secondary N) is 2. The topological polar surface area (TPSA) is 112 Å². The van der Waals surface area contributed by atoms with Crippen LogP contribution in [-0.4, -0.2) is 65.9 Å². The Morgan fingerprint density at radius 2 is 1.81 bits per heavy atom. The van der Waals surface area contributed by atoms with E-state index in [-0.39, 0.29) is 17.7 Å². The summed E-state index contributed by atoms with van der Waals surface area (Å²) in [5.74, 6) is -1.02. The molecule has 0 saturated carbocycles. The van der Waals surface area contributed by atoms with Crippen molar-refractivity contribution in [1.82, 2.24) is 15.2 Å². The molecule has 2 aromatic rings. The first-order valence-electron chi connectivity index (χ1n) is 12.8. The number of carbonyl (C=O) groups is 4. The van der Waals surface area contributed by atoms with Crippen LogP contribution in [0.2, 0.25) is 0 Å². The lowest BCUT2D eigenvalue weighted by Gasteiger charge is -2.35. The van der Waals surface area contributed by atoms with E-state index in [1.54, 1.807) is 18.3 Å². The number of hydrogen-bond donors (Lipinski definition) is 2. The van der Waals surface area contributed by atoms with Crippen LogP contribution in [0.25, 0.3) is 0 Å². The molecule has 1 aromatic carbocycles. The van der Waals surface area contributed by atoms with Crippen LogP contribution < -0.4 is 15.5 Å². The van der Waals surface area contributed by atoms with Gasteiger partial charge in [-0.05, 0) is 79.7 Å². The minimum atomic E-state index is -0.694. The molecule has 5 rings (SSSR count). The highest BCUT2D eigenvalue weighted by molar-refractivity contribution is 7.98. The standard InChI is InChI=1S/C27H31N5O4S/c1-37-26-21(5-2-10-28-26)27(36)31-12-8-17(9-13-31)16-29-24(34)25(35)30-20-14-18-4-3-11-32-22(33)7-6-19(15-20)23(18)32/h2,5,10,14-15,17H,3-4,6-9,11-13,16H2,1H3,(H,29,34)(H,30,35).